The minimum absolute atomic E-state index is 0.126. The Hall–Kier alpha value is -1.55. The predicted octanol–water partition coefficient (Wildman–Crippen LogP) is 0.865. The van der Waals surface area contributed by atoms with Gasteiger partial charge >= 0.3 is 0 Å². The Labute approximate surface area is 82.1 Å². The van der Waals surface area contributed by atoms with Gasteiger partial charge in [0.15, 0.2) is 6.10 Å². The number of rotatable bonds is 1. The molecule has 0 fully saturated rings. The number of nitrogens with two attached hydrogens (primary N) is 1. The topological polar surface area (TPSA) is 64.3 Å². The molecule has 1 unspecified atom stereocenters. The standard InChI is InChI=1S/C10H12N2O2/c1-6-10(13)12-9-7(5-11)3-2-4-8(9)14-6/h2-4,6H,5,11H2,1H3,(H,12,13). The van der Waals surface area contributed by atoms with Crippen molar-refractivity contribution in [2.45, 2.75) is 19.6 Å². The molecule has 0 bridgehead atoms. The third-order valence-corrected chi connectivity index (χ3v) is 2.25. The Bertz CT molecular complexity index is 376. The lowest BCUT2D eigenvalue weighted by atomic mass is 10.1. The first-order chi connectivity index (χ1) is 6.72. The molecular formula is C10H12N2O2. The van der Waals surface area contributed by atoms with Crippen LogP contribution in [0.15, 0.2) is 18.2 Å². The van der Waals surface area contributed by atoms with Gasteiger partial charge in [-0.3, -0.25) is 4.79 Å². The van der Waals surface area contributed by atoms with Crippen molar-refractivity contribution >= 4 is 11.6 Å². The van der Waals surface area contributed by atoms with Crippen LogP contribution in [0.4, 0.5) is 5.69 Å². The number of carbonyl (C=O) groups excluding carboxylic acids is 1. The van der Waals surface area contributed by atoms with E-state index in [-0.39, 0.29) is 5.91 Å². The molecule has 1 aliphatic heterocycles. The number of anilines is 1. The second-order valence-electron chi connectivity index (χ2n) is 3.24. The van der Waals surface area contributed by atoms with Crippen molar-refractivity contribution in [1.82, 2.24) is 0 Å². The van der Waals surface area contributed by atoms with Crippen LogP contribution in [0.5, 0.6) is 5.75 Å². The van der Waals surface area contributed by atoms with E-state index in [0.717, 1.165) is 5.56 Å². The molecule has 4 nitrogen and oxygen atoms in total. The molecule has 0 radical (unpaired) electrons. The second kappa shape index (κ2) is 3.31. The molecule has 14 heavy (non-hydrogen) atoms. The monoisotopic (exact) mass is 192 g/mol. The van der Waals surface area contributed by atoms with Crippen molar-refractivity contribution in [3.05, 3.63) is 23.8 Å². The molecule has 0 aromatic heterocycles. The van der Waals surface area contributed by atoms with Gasteiger partial charge in [-0.25, -0.2) is 0 Å². The molecule has 3 N–H and O–H groups in total. The van der Waals surface area contributed by atoms with Crippen LogP contribution < -0.4 is 15.8 Å². The Morgan fingerprint density at radius 2 is 2.36 bits per heavy atom. The summed E-state index contributed by atoms with van der Waals surface area (Å²) in [5.74, 6) is 0.568. The molecular weight excluding hydrogens is 180 g/mol. The van der Waals surface area contributed by atoms with Crippen molar-refractivity contribution in [3.63, 3.8) is 0 Å². The highest BCUT2D eigenvalue weighted by molar-refractivity contribution is 5.98. The maximum Gasteiger partial charge on any atom is 0.265 e. The van der Waals surface area contributed by atoms with Crippen LogP contribution in [0.1, 0.15) is 12.5 Å². The fraction of sp³-hybridized carbons (Fsp3) is 0.300. The Balaban J connectivity index is 2.46. The van der Waals surface area contributed by atoms with Crippen molar-refractivity contribution < 1.29 is 9.53 Å². The van der Waals surface area contributed by atoms with Gasteiger partial charge in [-0.15, -0.1) is 0 Å². The summed E-state index contributed by atoms with van der Waals surface area (Å²) in [5, 5.41) is 2.79. The van der Waals surface area contributed by atoms with Crippen LogP contribution in [-0.4, -0.2) is 12.0 Å². The SMILES string of the molecule is CC1Oc2cccc(CN)c2NC1=O. The van der Waals surface area contributed by atoms with Crippen molar-refractivity contribution in [1.29, 1.82) is 0 Å². The third kappa shape index (κ3) is 1.33. The summed E-state index contributed by atoms with van der Waals surface area (Å²) in [6, 6.07) is 5.56. The summed E-state index contributed by atoms with van der Waals surface area (Å²) in [5.41, 5.74) is 7.15. The van der Waals surface area contributed by atoms with E-state index in [9.17, 15) is 4.79 Å². The second-order valence-corrected chi connectivity index (χ2v) is 3.24. The highest BCUT2D eigenvalue weighted by Crippen LogP contribution is 2.32. The van der Waals surface area contributed by atoms with Crippen LogP contribution in [0.2, 0.25) is 0 Å². The number of ether oxygens (including phenoxy) is 1. The summed E-state index contributed by atoms with van der Waals surface area (Å²) in [6.07, 6.45) is -0.435. The maximum atomic E-state index is 11.3. The maximum absolute atomic E-state index is 11.3. The van der Waals surface area contributed by atoms with Crippen molar-refractivity contribution in [2.75, 3.05) is 5.32 Å². The smallest absolute Gasteiger partial charge is 0.265 e. The van der Waals surface area contributed by atoms with E-state index in [1.54, 1.807) is 6.92 Å². The Morgan fingerprint density at radius 3 is 3.07 bits per heavy atom. The fourth-order valence-electron chi connectivity index (χ4n) is 1.46. The molecule has 0 spiro atoms. The van der Waals surface area contributed by atoms with Crippen LogP contribution in [0.25, 0.3) is 0 Å². The largest absolute Gasteiger partial charge is 0.479 e. The first-order valence-corrected chi connectivity index (χ1v) is 4.52. The number of para-hydroxylation sites is 1. The minimum Gasteiger partial charge on any atom is -0.479 e. The number of carbonyl (C=O) groups is 1. The van der Waals surface area contributed by atoms with Crippen molar-refractivity contribution in [3.8, 4) is 5.75 Å². The van der Waals surface area contributed by atoms with E-state index in [2.05, 4.69) is 5.32 Å². The third-order valence-electron chi connectivity index (χ3n) is 2.25. The van der Waals surface area contributed by atoms with E-state index >= 15 is 0 Å². The highest BCUT2D eigenvalue weighted by Gasteiger charge is 2.24. The van der Waals surface area contributed by atoms with E-state index < -0.39 is 6.10 Å². The molecule has 74 valence electrons. The summed E-state index contributed by atoms with van der Waals surface area (Å²) in [6.45, 7) is 2.11. The number of hydrogen-bond donors (Lipinski definition) is 2. The summed E-state index contributed by atoms with van der Waals surface area (Å²) in [4.78, 5) is 11.3. The predicted molar refractivity (Wildman–Crippen MR) is 53.1 cm³/mol. The van der Waals surface area contributed by atoms with Crippen molar-refractivity contribution in [2.24, 2.45) is 5.73 Å². The van der Waals surface area contributed by atoms with Gasteiger partial charge < -0.3 is 15.8 Å². The van der Waals surface area contributed by atoms with Gasteiger partial charge in [0.25, 0.3) is 5.91 Å². The molecule has 4 heteroatoms. The summed E-state index contributed by atoms with van der Waals surface area (Å²) >= 11 is 0. The average molecular weight is 192 g/mol. The Morgan fingerprint density at radius 1 is 1.57 bits per heavy atom. The van der Waals surface area contributed by atoms with Gasteiger partial charge in [0.1, 0.15) is 5.75 Å². The van der Waals surface area contributed by atoms with Gasteiger partial charge in [0.2, 0.25) is 0 Å². The lowest BCUT2D eigenvalue weighted by molar-refractivity contribution is -0.122. The molecule has 0 saturated carbocycles. The first kappa shape index (κ1) is 9.02. The van der Waals surface area contributed by atoms with Crippen LogP contribution in [0.3, 0.4) is 0 Å². The molecule has 1 aromatic carbocycles. The van der Waals surface area contributed by atoms with Crippen LogP contribution in [-0.2, 0) is 11.3 Å². The zero-order valence-corrected chi connectivity index (χ0v) is 7.91. The summed E-state index contributed by atoms with van der Waals surface area (Å²) < 4.78 is 5.42. The van der Waals surface area contributed by atoms with E-state index in [1.165, 1.54) is 0 Å². The lowest BCUT2D eigenvalue weighted by Crippen LogP contribution is -2.35. The van der Waals surface area contributed by atoms with Crippen LogP contribution >= 0.6 is 0 Å². The lowest BCUT2D eigenvalue weighted by Gasteiger charge is -2.24. The molecule has 1 amide bonds. The van der Waals surface area contributed by atoms with Gasteiger partial charge in [0.05, 0.1) is 5.69 Å². The van der Waals surface area contributed by atoms with E-state index in [0.29, 0.717) is 18.0 Å². The number of amides is 1. The molecule has 1 aliphatic rings. The van der Waals surface area contributed by atoms with Gasteiger partial charge in [-0.2, -0.15) is 0 Å². The molecule has 1 heterocycles. The van der Waals surface area contributed by atoms with E-state index in [4.69, 9.17) is 10.5 Å². The van der Waals surface area contributed by atoms with Gasteiger partial charge in [-0.1, -0.05) is 12.1 Å². The number of benzene rings is 1. The molecule has 0 saturated heterocycles. The molecule has 0 aliphatic carbocycles. The molecule has 2 rings (SSSR count). The zero-order chi connectivity index (χ0) is 10.1. The van der Waals surface area contributed by atoms with Gasteiger partial charge in [-0.05, 0) is 18.6 Å². The van der Waals surface area contributed by atoms with Gasteiger partial charge in [0, 0.05) is 6.54 Å². The average Bonchev–Trinajstić information content (AvgIpc) is 2.19. The number of hydrogen-bond acceptors (Lipinski definition) is 3. The Kier molecular flexibility index (Phi) is 2.13. The molecule has 1 atom stereocenters. The van der Waals surface area contributed by atoms with Crippen LogP contribution in [0, 0.1) is 0 Å². The minimum atomic E-state index is -0.435. The highest BCUT2D eigenvalue weighted by atomic mass is 16.5. The first-order valence-electron chi connectivity index (χ1n) is 4.52. The normalized spacial score (nSPS) is 19.6. The summed E-state index contributed by atoms with van der Waals surface area (Å²) in [7, 11) is 0. The van der Waals surface area contributed by atoms with E-state index in [1.807, 2.05) is 18.2 Å². The number of fused-ring (bicyclic) bond motifs is 1. The quantitative estimate of drug-likeness (QED) is 0.693. The zero-order valence-electron chi connectivity index (χ0n) is 7.91. The fourth-order valence-corrected chi connectivity index (χ4v) is 1.46. The molecule has 1 aromatic rings. The number of nitrogens with one attached hydrogen (secondary N) is 1.